The Hall–Kier alpha value is -2.32. The van der Waals surface area contributed by atoms with Gasteiger partial charge in [-0.15, -0.1) is 0 Å². The van der Waals surface area contributed by atoms with Gasteiger partial charge in [0.05, 0.1) is 23.6 Å². The first-order valence-corrected chi connectivity index (χ1v) is 8.21. The van der Waals surface area contributed by atoms with E-state index in [-0.39, 0.29) is 24.4 Å². The summed E-state index contributed by atoms with van der Waals surface area (Å²) in [6.07, 6.45) is 1.15. The minimum Gasteiger partial charge on any atom is -0.481 e. The second kappa shape index (κ2) is 7.30. The molecule has 0 amide bonds. The first-order valence-electron chi connectivity index (χ1n) is 6.77. The van der Waals surface area contributed by atoms with Gasteiger partial charge >= 0.3 is 5.97 Å². The van der Waals surface area contributed by atoms with Gasteiger partial charge in [0.1, 0.15) is 5.82 Å². The van der Waals surface area contributed by atoms with Crippen LogP contribution in [0.15, 0.2) is 53.6 Å². The molecular weight excluding hydrogens is 323 g/mol. The number of sulfonamides is 1. The lowest BCUT2D eigenvalue weighted by atomic mass is 10.3. The van der Waals surface area contributed by atoms with Gasteiger partial charge in [-0.1, -0.05) is 12.1 Å². The second-order valence-electron chi connectivity index (χ2n) is 4.76. The van der Waals surface area contributed by atoms with Crippen LogP contribution in [0.3, 0.4) is 0 Å². The Kier molecular flexibility index (Phi) is 5.41. The molecule has 0 saturated heterocycles. The van der Waals surface area contributed by atoms with Crippen LogP contribution in [0.25, 0.3) is 0 Å². The molecule has 0 atom stereocenters. The van der Waals surface area contributed by atoms with Crippen LogP contribution >= 0.6 is 0 Å². The van der Waals surface area contributed by atoms with Crippen molar-refractivity contribution >= 4 is 16.0 Å². The van der Waals surface area contributed by atoms with Gasteiger partial charge in [0, 0.05) is 12.7 Å². The van der Waals surface area contributed by atoms with Gasteiger partial charge in [0.25, 0.3) is 0 Å². The highest BCUT2D eigenvalue weighted by molar-refractivity contribution is 7.89. The zero-order valence-electron chi connectivity index (χ0n) is 12.1. The van der Waals surface area contributed by atoms with Crippen molar-refractivity contribution in [2.24, 2.45) is 0 Å². The predicted octanol–water partition coefficient (Wildman–Crippen LogP) is 1.89. The van der Waals surface area contributed by atoms with E-state index in [1.165, 1.54) is 18.3 Å². The molecule has 0 aliphatic carbocycles. The number of halogens is 1. The summed E-state index contributed by atoms with van der Waals surface area (Å²) < 4.78 is 39.6. The minimum atomic E-state index is -4.03. The van der Waals surface area contributed by atoms with E-state index in [4.69, 9.17) is 5.11 Å². The van der Waals surface area contributed by atoms with Crippen molar-refractivity contribution in [1.82, 2.24) is 9.29 Å². The summed E-state index contributed by atoms with van der Waals surface area (Å²) in [4.78, 5) is 14.6. The van der Waals surface area contributed by atoms with Crippen LogP contribution in [0.2, 0.25) is 0 Å². The standard InChI is InChI=1S/C15H15FN2O4S/c16-12-4-3-6-14(10-12)23(21,22)18(9-7-15(19)20)11-13-5-1-2-8-17-13/h1-6,8,10H,7,9,11H2,(H,19,20). The van der Waals surface area contributed by atoms with Crippen molar-refractivity contribution in [3.63, 3.8) is 0 Å². The van der Waals surface area contributed by atoms with Crippen LogP contribution in [-0.2, 0) is 21.4 Å². The molecule has 0 saturated carbocycles. The molecule has 1 aromatic carbocycles. The molecule has 0 aliphatic heterocycles. The molecule has 1 heterocycles. The van der Waals surface area contributed by atoms with Gasteiger partial charge < -0.3 is 5.11 Å². The molecule has 2 aromatic rings. The van der Waals surface area contributed by atoms with Crippen LogP contribution in [0.5, 0.6) is 0 Å². The van der Waals surface area contributed by atoms with Crippen molar-refractivity contribution in [1.29, 1.82) is 0 Å². The van der Waals surface area contributed by atoms with Gasteiger partial charge in [0.2, 0.25) is 10.0 Å². The number of aromatic nitrogens is 1. The molecule has 0 unspecified atom stereocenters. The molecule has 1 aromatic heterocycles. The Bertz CT molecular complexity index is 781. The summed E-state index contributed by atoms with van der Waals surface area (Å²) in [5.74, 6) is -1.80. The van der Waals surface area contributed by atoms with E-state index >= 15 is 0 Å². The van der Waals surface area contributed by atoms with Crippen LogP contribution in [-0.4, -0.2) is 35.3 Å². The van der Waals surface area contributed by atoms with Crippen molar-refractivity contribution in [2.75, 3.05) is 6.54 Å². The Balaban J connectivity index is 2.33. The number of nitrogens with zero attached hydrogens (tertiary/aromatic N) is 2. The molecule has 122 valence electrons. The number of carbonyl (C=O) groups is 1. The van der Waals surface area contributed by atoms with Gasteiger partial charge in [-0.3, -0.25) is 9.78 Å². The summed E-state index contributed by atoms with van der Waals surface area (Å²) in [5.41, 5.74) is 0.470. The maximum absolute atomic E-state index is 13.3. The third kappa shape index (κ3) is 4.57. The fourth-order valence-corrected chi connectivity index (χ4v) is 3.40. The average molecular weight is 338 g/mol. The molecule has 8 heteroatoms. The summed E-state index contributed by atoms with van der Waals surface area (Å²) >= 11 is 0. The second-order valence-corrected chi connectivity index (χ2v) is 6.70. The van der Waals surface area contributed by atoms with Crippen LogP contribution in [0.1, 0.15) is 12.1 Å². The van der Waals surface area contributed by atoms with Gasteiger partial charge in [-0.2, -0.15) is 4.31 Å². The number of pyridine rings is 1. The molecule has 0 radical (unpaired) electrons. The summed E-state index contributed by atoms with van der Waals surface area (Å²) in [6, 6.07) is 9.62. The highest BCUT2D eigenvalue weighted by Gasteiger charge is 2.26. The summed E-state index contributed by atoms with van der Waals surface area (Å²) in [5, 5.41) is 8.81. The Labute approximate surface area is 133 Å². The number of hydrogen-bond donors (Lipinski definition) is 1. The van der Waals surface area contributed by atoms with Crippen molar-refractivity contribution in [3.05, 3.63) is 60.2 Å². The maximum atomic E-state index is 13.3. The number of benzene rings is 1. The van der Waals surface area contributed by atoms with E-state index in [2.05, 4.69) is 4.98 Å². The number of carboxylic acid groups (broad SMARTS) is 1. The smallest absolute Gasteiger partial charge is 0.304 e. The first-order chi connectivity index (χ1) is 10.9. The highest BCUT2D eigenvalue weighted by Crippen LogP contribution is 2.19. The first kappa shape index (κ1) is 17.0. The fraction of sp³-hybridized carbons (Fsp3) is 0.200. The van der Waals surface area contributed by atoms with E-state index < -0.39 is 21.8 Å². The Morgan fingerprint density at radius 3 is 2.61 bits per heavy atom. The largest absolute Gasteiger partial charge is 0.481 e. The quantitative estimate of drug-likeness (QED) is 0.833. The SMILES string of the molecule is O=C(O)CCN(Cc1ccccn1)S(=O)(=O)c1cccc(F)c1. The van der Waals surface area contributed by atoms with Crippen LogP contribution in [0, 0.1) is 5.82 Å². The van der Waals surface area contributed by atoms with Crippen molar-refractivity contribution < 1.29 is 22.7 Å². The third-order valence-electron chi connectivity index (χ3n) is 3.07. The van der Waals surface area contributed by atoms with E-state index in [1.807, 2.05) is 0 Å². The summed E-state index contributed by atoms with van der Waals surface area (Å²) in [7, 11) is -4.03. The lowest BCUT2D eigenvalue weighted by molar-refractivity contribution is -0.137. The molecule has 0 aliphatic rings. The van der Waals surface area contributed by atoms with Gasteiger partial charge in [-0.25, -0.2) is 12.8 Å². The van der Waals surface area contributed by atoms with Crippen LogP contribution in [0.4, 0.5) is 4.39 Å². The molecule has 23 heavy (non-hydrogen) atoms. The van der Waals surface area contributed by atoms with Crippen molar-refractivity contribution in [2.45, 2.75) is 17.9 Å². The van der Waals surface area contributed by atoms with E-state index in [1.54, 1.807) is 18.2 Å². The topological polar surface area (TPSA) is 87.6 Å². The Morgan fingerprint density at radius 1 is 1.22 bits per heavy atom. The van der Waals surface area contributed by atoms with Gasteiger partial charge in [0.15, 0.2) is 0 Å². The molecule has 2 rings (SSSR count). The number of hydrogen-bond acceptors (Lipinski definition) is 4. The zero-order chi connectivity index (χ0) is 16.9. The minimum absolute atomic E-state index is 0.0903. The highest BCUT2D eigenvalue weighted by atomic mass is 32.2. The maximum Gasteiger partial charge on any atom is 0.304 e. The van der Waals surface area contributed by atoms with Gasteiger partial charge in [-0.05, 0) is 30.3 Å². The third-order valence-corrected chi connectivity index (χ3v) is 4.91. The molecule has 1 N–H and O–H groups in total. The monoisotopic (exact) mass is 338 g/mol. The number of aliphatic carboxylic acids is 1. The zero-order valence-corrected chi connectivity index (χ0v) is 12.9. The molecular formula is C15H15FN2O4S. The molecule has 0 fully saturated rings. The van der Waals surface area contributed by atoms with E-state index in [0.717, 1.165) is 16.4 Å². The van der Waals surface area contributed by atoms with Crippen molar-refractivity contribution in [3.8, 4) is 0 Å². The van der Waals surface area contributed by atoms with Crippen LogP contribution < -0.4 is 0 Å². The molecule has 0 bridgehead atoms. The predicted molar refractivity (Wildman–Crippen MR) is 80.5 cm³/mol. The van der Waals surface area contributed by atoms with E-state index in [9.17, 15) is 17.6 Å². The lowest BCUT2D eigenvalue weighted by Gasteiger charge is -2.21. The number of rotatable bonds is 7. The Morgan fingerprint density at radius 2 is 2.00 bits per heavy atom. The molecule has 0 spiro atoms. The molecule has 6 nitrogen and oxygen atoms in total. The lowest BCUT2D eigenvalue weighted by Crippen LogP contribution is -2.33. The fourth-order valence-electron chi connectivity index (χ4n) is 1.95. The number of carboxylic acids is 1. The average Bonchev–Trinajstić information content (AvgIpc) is 2.52. The normalized spacial score (nSPS) is 11.6. The van der Waals surface area contributed by atoms with E-state index in [0.29, 0.717) is 5.69 Å². The summed E-state index contributed by atoms with van der Waals surface area (Å²) in [6.45, 7) is -0.322.